The summed E-state index contributed by atoms with van der Waals surface area (Å²) in [4.78, 5) is 25.4. The quantitative estimate of drug-likeness (QED) is 0.690. The molecule has 28 heavy (non-hydrogen) atoms. The molecule has 0 aliphatic carbocycles. The Labute approximate surface area is 161 Å². The van der Waals surface area contributed by atoms with Gasteiger partial charge in [0.15, 0.2) is 0 Å². The predicted molar refractivity (Wildman–Crippen MR) is 98.3 cm³/mol. The maximum atomic E-state index is 12.5. The number of hydrogen-bond donors (Lipinski definition) is 1. The third-order valence-electron chi connectivity index (χ3n) is 3.70. The number of rotatable bonds is 5. The average Bonchev–Trinajstić information content (AvgIpc) is 3.16. The molecule has 0 fully saturated rings. The first-order chi connectivity index (χ1) is 13.2. The minimum Gasteiger partial charge on any atom is -0.406 e. The molecule has 6 nitrogen and oxygen atoms in total. The van der Waals surface area contributed by atoms with E-state index in [9.17, 15) is 22.8 Å². The summed E-state index contributed by atoms with van der Waals surface area (Å²) in [5, 5.41) is 8.65. The Balaban J connectivity index is 1.74. The highest BCUT2D eigenvalue weighted by atomic mass is 32.1. The number of nitrogens with one attached hydrogen (secondary N) is 1. The van der Waals surface area contributed by atoms with Gasteiger partial charge in [-0.3, -0.25) is 9.59 Å². The topological polar surface area (TPSA) is 73.2 Å². The molecule has 1 amide bonds. The Kier molecular flexibility index (Phi) is 5.50. The van der Waals surface area contributed by atoms with Gasteiger partial charge in [-0.15, -0.1) is 24.5 Å². The van der Waals surface area contributed by atoms with Crippen molar-refractivity contribution in [2.24, 2.45) is 0 Å². The zero-order chi connectivity index (χ0) is 20.3. The Morgan fingerprint density at radius 2 is 1.89 bits per heavy atom. The van der Waals surface area contributed by atoms with Gasteiger partial charge in [0.1, 0.15) is 17.5 Å². The van der Waals surface area contributed by atoms with Crippen LogP contribution in [0.1, 0.15) is 13.0 Å². The van der Waals surface area contributed by atoms with Crippen LogP contribution in [0.4, 0.5) is 18.9 Å². The van der Waals surface area contributed by atoms with Crippen LogP contribution < -0.4 is 15.6 Å². The van der Waals surface area contributed by atoms with Crippen LogP contribution in [0.3, 0.4) is 0 Å². The molecule has 1 aromatic carbocycles. The average molecular weight is 409 g/mol. The number of carbonyl (C=O) groups is 1. The van der Waals surface area contributed by atoms with Crippen molar-refractivity contribution in [3.63, 3.8) is 0 Å². The summed E-state index contributed by atoms with van der Waals surface area (Å²) in [5.74, 6) is -0.942. The van der Waals surface area contributed by atoms with Crippen molar-refractivity contribution in [2.45, 2.75) is 19.3 Å². The number of aromatic nitrogens is 2. The number of ether oxygens (including phenoxy) is 1. The molecule has 0 aliphatic rings. The first-order valence-electron chi connectivity index (χ1n) is 8.03. The predicted octanol–water partition coefficient (Wildman–Crippen LogP) is 4.07. The van der Waals surface area contributed by atoms with E-state index in [1.165, 1.54) is 36.5 Å². The van der Waals surface area contributed by atoms with Gasteiger partial charge in [0.05, 0.1) is 4.88 Å². The molecule has 0 bridgehead atoms. The van der Waals surface area contributed by atoms with E-state index in [2.05, 4.69) is 15.2 Å². The molecule has 146 valence electrons. The molecule has 10 heteroatoms. The van der Waals surface area contributed by atoms with Gasteiger partial charge < -0.3 is 10.1 Å². The van der Waals surface area contributed by atoms with Crippen molar-refractivity contribution in [3.05, 3.63) is 64.3 Å². The summed E-state index contributed by atoms with van der Waals surface area (Å²) < 4.78 is 41.4. The highest BCUT2D eigenvalue weighted by molar-refractivity contribution is 7.13. The Hall–Kier alpha value is -3.14. The van der Waals surface area contributed by atoms with Gasteiger partial charge in [-0.05, 0) is 48.7 Å². The number of anilines is 1. The van der Waals surface area contributed by atoms with Crippen LogP contribution in [0.15, 0.2) is 58.7 Å². The van der Waals surface area contributed by atoms with E-state index in [-0.39, 0.29) is 5.69 Å². The number of carbonyl (C=O) groups excluding carboxylic acids is 1. The lowest BCUT2D eigenvalue weighted by molar-refractivity contribution is -0.274. The minimum absolute atomic E-state index is 0.258. The van der Waals surface area contributed by atoms with Crippen LogP contribution in [0.25, 0.3) is 10.6 Å². The van der Waals surface area contributed by atoms with Gasteiger partial charge in [-0.2, -0.15) is 5.10 Å². The van der Waals surface area contributed by atoms with E-state index in [0.29, 0.717) is 5.69 Å². The first kappa shape index (κ1) is 19.6. The summed E-state index contributed by atoms with van der Waals surface area (Å²) in [5.41, 5.74) is 0.369. The monoisotopic (exact) mass is 409 g/mol. The fraction of sp³-hybridized carbons (Fsp3) is 0.167. The Morgan fingerprint density at radius 1 is 1.18 bits per heavy atom. The number of benzene rings is 1. The van der Waals surface area contributed by atoms with E-state index < -0.39 is 29.6 Å². The summed E-state index contributed by atoms with van der Waals surface area (Å²) in [7, 11) is 0. The van der Waals surface area contributed by atoms with Gasteiger partial charge in [0.2, 0.25) is 5.91 Å². The molecule has 1 atom stereocenters. The van der Waals surface area contributed by atoms with Crippen molar-refractivity contribution < 1.29 is 22.7 Å². The molecular formula is C18H14F3N3O3S. The zero-order valence-corrected chi connectivity index (χ0v) is 15.3. The SMILES string of the molecule is CC(C(=O)Nc1ccc(OC(F)(F)F)cc1)n1nc(-c2cccs2)ccc1=O. The normalized spacial score (nSPS) is 12.4. The molecule has 2 heterocycles. The number of alkyl halides is 3. The fourth-order valence-corrected chi connectivity index (χ4v) is 3.05. The highest BCUT2D eigenvalue weighted by Crippen LogP contribution is 2.24. The molecule has 0 aliphatic heterocycles. The summed E-state index contributed by atoms with van der Waals surface area (Å²) >= 11 is 1.45. The molecule has 3 aromatic rings. The largest absolute Gasteiger partial charge is 0.573 e. The third kappa shape index (κ3) is 4.77. The third-order valence-corrected chi connectivity index (χ3v) is 4.59. The van der Waals surface area contributed by atoms with Crippen LogP contribution in [0, 0.1) is 0 Å². The number of halogens is 3. The van der Waals surface area contributed by atoms with E-state index in [1.807, 2.05) is 17.5 Å². The Bertz CT molecular complexity index is 1020. The molecule has 1 unspecified atom stereocenters. The fourth-order valence-electron chi connectivity index (χ4n) is 2.36. The van der Waals surface area contributed by atoms with E-state index in [0.717, 1.165) is 21.7 Å². The zero-order valence-electron chi connectivity index (χ0n) is 14.4. The molecule has 0 saturated heterocycles. The molecule has 0 saturated carbocycles. The second kappa shape index (κ2) is 7.85. The lowest BCUT2D eigenvalue weighted by Crippen LogP contribution is -2.33. The van der Waals surface area contributed by atoms with Crippen LogP contribution in [0.5, 0.6) is 5.75 Å². The number of thiophene rings is 1. The second-order valence-corrected chi connectivity index (χ2v) is 6.66. The summed E-state index contributed by atoms with van der Waals surface area (Å²) in [6.07, 6.45) is -4.79. The highest BCUT2D eigenvalue weighted by Gasteiger charge is 2.31. The molecule has 0 spiro atoms. The maximum absolute atomic E-state index is 12.5. The summed E-state index contributed by atoms with van der Waals surface area (Å²) in [6.45, 7) is 1.50. The summed E-state index contributed by atoms with van der Waals surface area (Å²) in [6, 6.07) is 10.4. The van der Waals surface area contributed by atoms with Gasteiger partial charge in [-0.25, -0.2) is 4.68 Å². The van der Waals surface area contributed by atoms with E-state index in [4.69, 9.17) is 0 Å². The minimum atomic E-state index is -4.79. The van der Waals surface area contributed by atoms with Crippen LogP contribution in [0.2, 0.25) is 0 Å². The molecule has 0 radical (unpaired) electrons. The van der Waals surface area contributed by atoms with Gasteiger partial charge in [-0.1, -0.05) is 6.07 Å². The smallest absolute Gasteiger partial charge is 0.406 e. The number of nitrogens with zero attached hydrogens (tertiary/aromatic N) is 2. The lowest BCUT2D eigenvalue weighted by atomic mass is 10.2. The van der Waals surface area contributed by atoms with Crippen molar-refractivity contribution in [1.82, 2.24) is 9.78 Å². The number of hydrogen-bond acceptors (Lipinski definition) is 5. The van der Waals surface area contributed by atoms with Crippen molar-refractivity contribution in [3.8, 4) is 16.3 Å². The molecule has 2 aromatic heterocycles. The standard InChI is InChI=1S/C18H14F3N3O3S/c1-11(24-16(25)9-8-14(23-24)15-3-2-10-28-15)17(26)22-12-4-6-13(7-5-12)27-18(19,20)21/h2-11H,1H3,(H,22,26). The van der Waals surface area contributed by atoms with Crippen LogP contribution in [-0.2, 0) is 4.79 Å². The second-order valence-electron chi connectivity index (χ2n) is 5.72. The molecule has 3 rings (SSSR count). The van der Waals surface area contributed by atoms with Crippen molar-refractivity contribution >= 4 is 22.9 Å². The van der Waals surface area contributed by atoms with Crippen LogP contribution >= 0.6 is 11.3 Å². The first-order valence-corrected chi connectivity index (χ1v) is 8.91. The van der Waals surface area contributed by atoms with E-state index in [1.54, 1.807) is 6.07 Å². The lowest BCUT2D eigenvalue weighted by Gasteiger charge is -2.15. The number of amides is 1. The van der Waals surface area contributed by atoms with Crippen molar-refractivity contribution in [2.75, 3.05) is 5.32 Å². The maximum Gasteiger partial charge on any atom is 0.573 e. The van der Waals surface area contributed by atoms with Gasteiger partial charge >= 0.3 is 6.36 Å². The van der Waals surface area contributed by atoms with E-state index >= 15 is 0 Å². The van der Waals surface area contributed by atoms with Crippen molar-refractivity contribution in [1.29, 1.82) is 0 Å². The Morgan fingerprint density at radius 3 is 2.50 bits per heavy atom. The van der Waals surface area contributed by atoms with Gasteiger partial charge in [0, 0.05) is 11.8 Å². The molecular weight excluding hydrogens is 395 g/mol. The van der Waals surface area contributed by atoms with Crippen LogP contribution in [-0.4, -0.2) is 22.1 Å². The molecule has 1 N–H and O–H groups in total. The van der Waals surface area contributed by atoms with Gasteiger partial charge in [0.25, 0.3) is 5.56 Å².